The second-order valence-electron chi connectivity index (χ2n) is 4.09. The van der Waals surface area contributed by atoms with E-state index in [1.165, 1.54) is 19.1 Å². The number of fused-ring (bicyclic) bond motifs is 1. The van der Waals surface area contributed by atoms with Gasteiger partial charge in [0, 0.05) is 5.39 Å². The normalized spacial score (nSPS) is 12.3. The fourth-order valence-corrected chi connectivity index (χ4v) is 1.79. The van der Waals surface area contributed by atoms with E-state index in [1.807, 2.05) is 0 Å². The monoisotopic (exact) mass is 264 g/mol. The lowest BCUT2D eigenvalue weighted by Gasteiger charge is -2.09. The Bertz CT molecular complexity index is 654. The van der Waals surface area contributed by atoms with Crippen LogP contribution in [0.15, 0.2) is 22.6 Å². The third-order valence-electron chi connectivity index (χ3n) is 2.71. The lowest BCUT2D eigenvalue weighted by Crippen LogP contribution is -2.22. The minimum atomic E-state index is -1.10. The number of carbonyl (C=O) groups is 2. The van der Waals surface area contributed by atoms with Crippen molar-refractivity contribution in [1.82, 2.24) is 0 Å². The first kappa shape index (κ1) is 12.9. The largest absolute Gasteiger partial charge is 0.479 e. The van der Waals surface area contributed by atoms with Gasteiger partial charge in [0.05, 0.1) is 0 Å². The van der Waals surface area contributed by atoms with Crippen molar-refractivity contribution in [2.75, 3.05) is 0 Å². The number of aliphatic carboxylic acids is 1. The third kappa shape index (κ3) is 2.37. The van der Waals surface area contributed by atoms with Crippen molar-refractivity contribution in [3.8, 4) is 5.75 Å². The van der Waals surface area contributed by atoms with Gasteiger partial charge in [0.1, 0.15) is 22.7 Å². The highest BCUT2D eigenvalue weighted by molar-refractivity contribution is 6.03. The minimum absolute atomic E-state index is 0.0587. The van der Waals surface area contributed by atoms with Crippen LogP contribution in [0.25, 0.3) is 11.0 Å². The SMILES string of the molecule is Cc1oc2ccc(OC(C)C(=O)O)cc2c1C(=O)O. The highest BCUT2D eigenvalue weighted by Crippen LogP contribution is 2.29. The van der Waals surface area contributed by atoms with E-state index in [0.717, 1.165) is 0 Å². The summed E-state index contributed by atoms with van der Waals surface area (Å²) in [6, 6.07) is 4.56. The van der Waals surface area contributed by atoms with Crippen LogP contribution in [0.1, 0.15) is 23.0 Å². The quantitative estimate of drug-likeness (QED) is 0.879. The molecule has 0 spiro atoms. The summed E-state index contributed by atoms with van der Waals surface area (Å²) in [6.07, 6.45) is -1.02. The van der Waals surface area contributed by atoms with Gasteiger partial charge in [-0.05, 0) is 32.0 Å². The molecule has 0 fully saturated rings. The molecule has 0 saturated heterocycles. The highest BCUT2D eigenvalue weighted by atomic mass is 16.5. The summed E-state index contributed by atoms with van der Waals surface area (Å²) in [4.78, 5) is 21.9. The summed E-state index contributed by atoms with van der Waals surface area (Å²) in [6.45, 7) is 2.95. The summed E-state index contributed by atoms with van der Waals surface area (Å²) in [5, 5.41) is 18.3. The van der Waals surface area contributed by atoms with Crippen molar-refractivity contribution >= 4 is 22.9 Å². The van der Waals surface area contributed by atoms with Gasteiger partial charge in [-0.2, -0.15) is 0 Å². The Hall–Kier alpha value is -2.50. The van der Waals surface area contributed by atoms with E-state index in [0.29, 0.717) is 16.7 Å². The highest BCUT2D eigenvalue weighted by Gasteiger charge is 2.19. The van der Waals surface area contributed by atoms with Crippen LogP contribution in [-0.4, -0.2) is 28.3 Å². The molecule has 2 rings (SSSR count). The Morgan fingerprint density at radius 3 is 2.58 bits per heavy atom. The fraction of sp³-hybridized carbons (Fsp3) is 0.231. The van der Waals surface area contributed by atoms with E-state index < -0.39 is 18.0 Å². The second kappa shape index (κ2) is 4.64. The average molecular weight is 264 g/mol. The second-order valence-corrected chi connectivity index (χ2v) is 4.09. The summed E-state index contributed by atoms with van der Waals surface area (Å²) in [5.41, 5.74) is 0.480. The number of carboxylic acid groups (broad SMARTS) is 2. The van der Waals surface area contributed by atoms with E-state index in [2.05, 4.69) is 0 Å². The predicted octanol–water partition coefficient (Wildman–Crippen LogP) is 2.29. The lowest BCUT2D eigenvalue weighted by atomic mass is 10.1. The van der Waals surface area contributed by atoms with Crippen LogP contribution in [0, 0.1) is 6.92 Å². The Morgan fingerprint density at radius 2 is 2.00 bits per heavy atom. The molecule has 6 heteroatoms. The minimum Gasteiger partial charge on any atom is -0.479 e. The maximum atomic E-state index is 11.1. The zero-order chi connectivity index (χ0) is 14.2. The van der Waals surface area contributed by atoms with Crippen molar-refractivity contribution in [2.24, 2.45) is 0 Å². The molecule has 2 aromatic rings. The Balaban J connectivity index is 2.47. The van der Waals surface area contributed by atoms with Gasteiger partial charge in [-0.25, -0.2) is 9.59 Å². The van der Waals surface area contributed by atoms with Gasteiger partial charge in [-0.3, -0.25) is 0 Å². The molecule has 0 aliphatic rings. The molecule has 100 valence electrons. The van der Waals surface area contributed by atoms with Gasteiger partial charge in [-0.1, -0.05) is 0 Å². The van der Waals surface area contributed by atoms with Crippen molar-refractivity contribution in [3.63, 3.8) is 0 Å². The summed E-state index contributed by atoms with van der Waals surface area (Å²) < 4.78 is 10.5. The number of rotatable bonds is 4. The van der Waals surface area contributed by atoms with Crippen LogP contribution in [-0.2, 0) is 4.79 Å². The topological polar surface area (TPSA) is 97.0 Å². The van der Waals surface area contributed by atoms with Crippen LogP contribution in [0.5, 0.6) is 5.75 Å². The molecule has 0 saturated carbocycles. The number of benzene rings is 1. The molecule has 6 nitrogen and oxygen atoms in total. The van der Waals surface area contributed by atoms with Crippen molar-refractivity contribution < 1.29 is 29.0 Å². The Kier molecular flexibility index (Phi) is 3.16. The standard InChI is InChI=1S/C13H12O6/c1-6-11(13(16)17)9-5-8(3-4-10(9)19-6)18-7(2)12(14)15/h3-5,7H,1-2H3,(H,14,15)(H,16,17). The molecular formula is C13H12O6. The molecule has 0 amide bonds. The zero-order valence-corrected chi connectivity index (χ0v) is 10.3. The maximum absolute atomic E-state index is 11.1. The summed E-state index contributed by atoms with van der Waals surface area (Å²) in [5.74, 6) is -1.61. The van der Waals surface area contributed by atoms with E-state index in [9.17, 15) is 9.59 Å². The molecule has 19 heavy (non-hydrogen) atoms. The van der Waals surface area contributed by atoms with Gasteiger partial charge in [-0.15, -0.1) is 0 Å². The predicted molar refractivity (Wildman–Crippen MR) is 65.6 cm³/mol. The fourth-order valence-electron chi connectivity index (χ4n) is 1.79. The molecule has 1 atom stereocenters. The molecule has 0 aliphatic carbocycles. The van der Waals surface area contributed by atoms with E-state index in [-0.39, 0.29) is 11.3 Å². The molecule has 0 radical (unpaired) electrons. The van der Waals surface area contributed by atoms with Crippen molar-refractivity contribution in [2.45, 2.75) is 20.0 Å². The van der Waals surface area contributed by atoms with Gasteiger partial charge in [0.25, 0.3) is 0 Å². The molecule has 2 N–H and O–H groups in total. The molecular weight excluding hydrogens is 252 g/mol. The molecule has 0 aliphatic heterocycles. The number of hydrogen-bond donors (Lipinski definition) is 2. The van der Waals surface area contributed by atoms with Gasteiger partial charge < -0.3 is 19.4 Å². The smallest absolute Gasteiger partial charge is 0.344 e. The van der Waals surface area contributed by atoms with Gasteiger partial charge >= 0.3 is 11.9 Å². The van der Waals surface area contributed by atoms with E-state index in [1.54, 1.807) is 13.0 Å². The first-order valence-electron chi connectivity index (χ1n) is 5.56. The summed E-state index contributed by atoms with van der Waals surface area (Å²) >= 11 is 0. The Morgan fingerprint density at radius 1 is 1.32 bits per heavy atom. The van der Waals surface area contributed by atoms with E-state index >= 15 is 0 Å². The number of furan rings is 1. The first-order valence-corrected chi connectivity index (χ1v) is 5.56. The van der Waals surface area contributed by atoms with Crippen LogP contribution in [0.3, 0.4) is 0 Å². The third-order valence-corrected chi connectivity index (χ3v) is 2.71. The molecule has 1 heterocycles. The number of aryl methyl sites for hydroxylation is 1. The number of hydrogen-bond acceptors (Lipinski definition) is 4. The van der Waals surface area contributed by atoms with E-state index in [4.69, 9.17) is 19.4 Å². The lowest BCUT2D eigenvalue weighted by molar-refractivity contribution is -0.144. The van der Waals surface area contributed by atoms with Crippen LogP contribution < -0.4 is 4.74 Å². The number of carboxylic acids is 2. The Labute approximate surface area is 108 Å². The van der Waals surface area contributed by atoms with Crippen LogP contribution in [0.2, 0.25) is 0 Å². The zero-order valence-electron chi connectivity index (χ0n) is 10.3. The summed E-state index contributed by atoms with van der Waals surface area (Å²) in [7, 11) is 0. The molecule has 1 aromatic heterocycles. The van der Waals surface area contributed by atoms with Crippen LogP contribution in [0.4, 0.5) is 0 Å². The number of aromatic carboxylic acids is 1. The molecule has 1 unspecified atom stereocenters. The number of ether oxygens (including phenoxy) is 1. The van der Waals surface area contributed by atoms with Crippen molar-refractivity contribution in [1.29, 1.82) is 0 Å². The average Bonchev–Trinajstić information content (AvgIpc) is 2.64. The van der Waals surface area contributed by atoms with Crippen molar-refractivity contribution in [3.05, 3.63) is 29.5 Å². The first-order chi connectivity index (χ1) is 8.90. The van der Waals surface area contributed by atoms with Gasteiger partial charge in [0.15, 0.2) is 6.10 Å². The van der Waals surface area contributed by atoms with Crippen LogP contribution >= 0.6 is 0 Å². The molecule has 0 bridgehead atoms. The van der Waals surface area contributed by atoms with Gasteiger partial charge in [0.2, 0.25) is 0 Å². The molecule has 1 aromatic carbocycles. The maximum Gasteiger partial charge on any atom is 0.344 e.